The molecule has 1 aliphatic heterocycles. The van der Waals surface area contributed by atoms with E-state index in [1.165, 1.54) is 7.05 Å². The van der Waals surface area contributed by atoms with Crippen LogP contribution in [-0.2, 0) is 9.59 Å². The van der Waals surface area contributed by atoms with Gasteiger partial charge in [-0.2, -0.15) is 0 Å². The average Bonchev–Trinajstić information content (AvgIpc) is 2.81. The Kier molecular flexibility index (Phi) is 5.46. The van der Waals surface area contributed by atoms with Crippen molar-refractivity contribution < 1.29 is 23.5 Å². The van der Waals surface area contributed by atoms with Crippen LogP contribution in [0.4, 0.5) is 8.78 Å². The molecule has 7 heteroatoms. The molecule has 0 aliphatic carbocycles. The average molecular weight is 264 g/mol. The van der Waals surface area contributed by atoms with Crippen LogP contribution >= 0.6 is 0 Å². The van der Waals surface area contributed by atoms with Gasteiger partial charge >= 0.3 is 0 Å². The van der Waals surface area contributed by atoms with E-state index < -0.39 is 24.9 Å². The van der Waals surface area contributed by atoms with Crippen LogP contribution in [0.15, 0.2) is 0 Å². The Labute approximate surface area is 104 Å². The van der Waals surface area contributed by atoms with Gasteiger partial charge in [-0.05, 0) is 12.8 Å². The molecule has 2 amide bonds. The Morgan fingerprint density at radius 2 is 1.89 bits per heavy atom. The monoisotopic (exact) mass is 264 g/mol. The summed E-state index contributed by atoms with van der Waals surface area (Å²) in [5.41, 5.74) is 0. The second-order valence-corrected chi connectivity index (χ2v) is 4.44. The lowest BCUT2D eigenvalue weighted by Crippen LogP contribution is -2.41. The lowest BCUT2D eigenvalue weighted by atomic mass is 10.2. The van der Waals surface area contributed by atoms with E-state index in [4.69, 9.17) is 5.11 Å². The molecule has 1 N–H and O–H groups in total. The summed E-state index contributed by atoms with van der Waals surface area (Å²) in [6, 6.07) is 0. The van der Waals surface area contributed by atoms with Gasteiger partial charge in [0.15, 0.2) is 0 Å². The minimum atomic E-state index is -2.95. The van der Waals surface area contributed by atoms with Gasteiger partial charge in [0, 0.05) is 20.1 Å². The predicted molar refractivity (Wildman–Crippen MR) is 60.1 cm³/mol. The summed E-state index contributed by atoms with van der Waals surface area (Å²) in [6.07, 6.45) is -3.68. The van der Waals surface area contributed by atoms with Crippen molar-refractivity contribution >= 4 is 11.8 Å². The minimum Gasteiger partial charge on any atom is -0.387 e. The highest BCUT2D eigenvalue weighted by Crippen LogP contribution is 2.09. The van der Waals surface area contributed by atoms with Gasteiger partial charge in [-0.25, -0.2) is 8.78 Å². The molecular formula is C11H18F2N2O3. The lowest BCUT2D eigenvalue weighted by molar-refractivity contribution is -0.141. The zero-order valence-corrected chi connectivity index (χ0v) is 10.3. The Morgan fingerprint density at radius 1 is 1.33 bits per heavy atom. The molecule has 18 heavy (non-hydrogen) atoms. The summed E-state index contributed by atoms with van der Waals surface area (Å²) in [6.45, 7) is 1.23. The summed E-state index contributed by atoms with van der Waals surface area (Å²) in [5.74, 6) is -0.842. The number of hydrogen-bond donors (Lipinski definition) is 1. The molecule has 1 fully saturated rings. The molecule has 0 spiro atoms. The number of amides is 2. The number of halogens is 2. The number of rotatable bonds is 5. The molecule has 1 heterocycles. The van der Waals surface area contributed by atoms with E-state index in [1.807, 2.05) is 0 Å². The van der Waals surface area contributed by atoms with Crippen LogP contribution in [0.25, 0.3) is 0 Å². The first-order chi connectivity index (χ1) is 8.41. The van der Waals surface area contributed by atoms with Crippen molar-refractivity contribution in [3.8, 4) is 0 Å². The van der Waals surface area contributed by atoms with Gasteiger partial charge in [0.25, 0.3) is 6.43 Å². The van der Waals surface area contributed by atoms with Crippen LogP contribution in [0.2, 0.25) is 0 Å². The van der Waals surface area contributed by atoms with Crippen molar-refractivity contribution in [1.29, 1.82) is 0 Å². The summed E-state index contributed by atoms with van der Waals surface area (Å²) < 4.78 is 24.1. The first-order valence-electron chi connectivity index (χ1n) is 5.89. The summed E-state index contributed by atoms with van der Waals surface area (Å²) in [5, 5.41) is 8.90. The zero-order chi connectivity index (χ0) is 13.7. The molecule has 0 aromatic carbocycles. The Balaban J connectivity index is 2.37. The van der Waals surface area contributed by atoms with Crippen LogP contribution in [0.1, 0.15) is 19.3 Å². The van der Waals surface area contributed by atoms with Gasteiger partial charge < -0.3 is 14.9 Å². The van der Waals surface area contributed by atoms with Crippen molar-refractivity contribution in [3.05, 3.63) is 0 Å². The quantitative estimate of drug-likeness (QED) is 0.765. The zero-order valence-electron chi connectivity index (χ0n) is 10.3. The number of likely N-dealkylation sites (tertiary alicyclic amines) is 1. The van der Waals surface area contributed by atoms with E-state index in [2.05, 4.69) is 0 Å². The molecule has 1 saturated heterocycles. The van der Waals surface area contributed by atoms with Crippen molar-refractivity contribution in [2.75, 3.05) is 26.7 Å². The van der Waals surface area contributed by atoms with E-state index in [0.717, 1.165) is 17.7 Å². The number of nitrogens with zero attached hydrogens (tertiary/aromatic N) is 2. The molecule has 0 saturated carbocycles. The number of aliphatic hydroxyl groups excluding tert-OH is 1. The summed E-state index contributed by atoms with van der Waals surface area (Å²) in [4.78, 5) is 25.9. The van der Waals surface area contributed by atoms with Gasteiger partial charge in [-0.1, -0.05) is 0 Å². The molecule has 0 radical (unpaired) electrons. The van der Waals surface area contributed by atoms with Crippen LogP contribution in [0.5, 0.6) is 0 Å². The molecular weight excluding hydrogens is 246 g/mol. The van der Waals surface area contributed by atoms with Crippen LogP contribution in [-0.4, -0.2) is 65.9 Å². The summed E-state index contributed by atoms with van der Waals surface area (Å²) >= 11 is 0. The minimum absolute atomic E-state index is 0.130. The Hall–Kier alpha value is -1.24. The maximum atomic E-state index is 12.1. The number of aliphatic hydroxyl groups is 1. The third-order valence-electron chi connectivity index (χ3n) is 2.93. The van der Waals surface area contributed by atoms with E-state index in [-0.39, 0.29) is 12.5 Å². The molecule has 104 valence electrons. The van der Waals surface area contributed by atoms with Crippen LogP contribution < -0.4 is 0 Å². The Morgan fingerprint density at radius 3 is 2.39 bits per heavy atom. The molecule has 1 unspecified atom stereocenters. The van der Waals surface area contributed by atoms with Crippen LogP contribution in [0.3, 0.4) is 0 Å². The molecule has 1 rings (SSSR count). The highest BCUT2D eigenvalue weighted by molar-refractivity contribution is 5.85. The number of carbonyl (C=O) groups excluding carboxylic acids is 2. The van der Waals surface area contributed by atoms with Crippen molar-refractivity contribution in [2.45, 2.75) is 31.8 Å². The second-order valence-electron chi connectivity index (χ2n) is 4.44. The number of likely N-dealkylation sites (N-methyl/N-ethyl adjacent to an activating group) is 1. The largest absolute Gasteiger partial charge is 0.387 e. The van der Waals surface area contributed by atoms with E-state index in [0.29, 0.717) is 13.1 Å². The molecule has 0 bridgehead atoms. The third kappa shape index (κ3) is 4.21. The number of hydrogen-bond acceptors (Lipinski definition) is 3. The van der Waals surface area contributed by atoms with Gasteiger partial charge in [-0.15, -0.1) is 0 Å². The molecule has 0 aromatic rings. The fourth-order valence-electron chi connectivity index (χ4n) is 1.78. The molecule has 0 aromatic heterocycles. The molecule has 1 atom stereocenters. The van der Waals surface area contributed by atoms with Crippen molar-refractivity contribution in [1.82, 2.24) is 9.80 Å². The summed E-state index contributed by atoms with van der Waals surface area (Å²) in [7, 11) is 1.37. The van der Waals surface area contributed by atoms with E-state index in [9.17, 15) is 18.4 Å². The highest BCUT2D eigenvalue weighted by Gasteiger charge is 2.25. The topological polar surface area (TPSA) is 60.9 Å². The van der Waals surface area contributed by atoms with Gasteiger partial charge in [0.05, 0.1) is 13.0 Å². The third-order valence-corrected chi connectivity index (χ3v) is 2.93. The van der Waals surface area contributed by atoms with Crippen molar-refractivity contribution in [3.63, 3.8) is 0 Å². The number of carbonyl (C=O) groups is 2. The fraction of sp³-hybridized carbons (Fsp3) is 0.818. The SMILES string of the molecule is CN(CC(=O)N1CCCC1)C(=O)CC(O)C(F)F. The van der Waals surface area contributed by atoms with E-state index in [1.54, 1.807) is 4.90 Å². The first-order valence-corrected chi connectivity index (χ1v) is 5.89. The molecule has 5 nitrogen and oxygen atoms in total. The standard InChI is InChI=1S/C11H18F2N2O3/c1-14(9(17)6-8(16)11(12)13)7-10(18)15-4-2-3-5-15/h8,11,16H,2-7H2,1H3. The fourth-order valence-corrected chi connectivity index (χ4v) is 1.78. The van der Waals surface area contributed by atoms with Crippen molar-refractivity contribution in [2.24, 2.45) is 0 Å². The Bertz CT molecular complexity index is 307. The lowest BCUT2D eigenvalue weighted by Gasteiger charge is -2.22. The smallest absolute Gasteiger partial charge is 0.264 e. The van der Waals surface area contributed by atoms with E-state index >= 15 is 0 Å². The maximum absolute atomic E-state index is 12.1. The highest BCUT2D eigenvalue weighted by atomic mass is 19.3. The first kappa shape index (κ1) is 14.8. The van der Waals surface area contributed by atoms with Gasteiger partial charge in [-0.3, -0.25) is 9.59 Å². The molecule has 1 aliphatic rings. The predicted octanol–water partition coefficient (Wildman–Crippen LogP) is 0.0833. The van der Waals surface area contributed by atoms with Gasteiger partial charge in [0.2, 0.25) is 11.8 Å². The normalized spacial score (nSPS) is 17.1. The van der Waals surface area contributed by atoms with Gasteiger partial charge in [0.1, 0.15) is 6.10 Å². The second kappa shape index (κ2) is 6.63. The van der Waals surface area contributed by atoms with Crippen LogP contribution in [0, 0.1) is 0 Å². The number of alkyl halides is 2. The maximum Gasteiger partial charge on any atom is 0.264 e.